The van der Waals surface area contributed by atoms with E-state index in [0.29, 0.717) is 6.54 Å². The smallest absolute Gasteiger partial charge is 0.171 e. The SMILES string of the molecule is Cc1cc(C)c[n+](CCN=[N+]=[N-])c1. The molecule has 0 unspecified atom stereocenters. The van der Waals surface area contributed by atoms with Gasteiger partial charge in [0.05, 0.1) is 6.54 Å². The van der Waals surface area contributed by atoms with E-state index in [1.54, 1.807) is 0 Å². The Hall–Kier alpha value is -1.54. The lowest BCUT2D eigenvalue weighted by atomic mass is 10.2. The van der Waals surface area contributed by atoms with Crippen molar-refractivity contribution in [1.29, 1.82) is 0 Å². The van der Waals surface area contributed by atoms with Crippen LogP contribution < -0.4 is 4.57 Å². The van der Waals surface area contributed by atoms with Gasteiger partial charge in [-0.25, -0.2) is 4.57 Å². The maximum Gasteiger partial charge on any atom is 0.171 e. The topological polar surface area (TPSA) is 52.6 Å². The van der Waals surface area contributed by atoms with Crippen LogP contribution in [0.2, 0.25) is 0 Å². The van der Waals surface area contributed by atoms with Gasteiger partial charge >= 0.3 is 0 Å². The molecule has 13 heavy (non-hydrogen) atoms. The first-order valence-corrected chi connectivity index (χ1v) is 4.20. The van der Waals surface area contributed by atoms with Crippen molar-refractivity contribution in [3.05, 3.63) is 40.0 Å². The Labute approximate surface area is 77.5 Å². The van der Waals surface area contributed by atoms with Gasteiger partial charge in [-0.05, 0) is 25.4 Å². The Balaban J connectivity index is 2.71. The molecule has 0 aliphatic heterocycles. The molecular formula is C9H13N4+. The van der Waals surface area contributed by atoms with Gasteiger partial charge in [0.25, 0.3) is 0 Å². The average molecular weight is 177 g/mol. The molecule has 1 aromatic rings. The molecule has 0 aliphatic rings. The fraction of sp³-hybridized carbons (Fsp3) is 0.444. The van der Waals surface area contributed by atoms with Gasteiger partial charge in [-0.15, -0.1) is 0 Å². The molecule has 0 saturated carbocycles. The van der Waals surface area contributed by atoms with Crippen LogP contribution in [0.15, 0.2) is 23.6 Å². The molecule has 0 N–H and O–H groups in total. The minimum Gasteiger partial charge on any atom is -0.204 e. The molecule has 1 aromatic heterocycles. The number of aryl methyl sites for hydroxylation is 2. The summed E-state index contributed by atoms with van der Waals surface area (Å²) in [7, 11) is 0. The highest BCUT2D eigenvalue weighted by Crippen LogP contribution is 1.96. The molecule has 4 nitrogen and oxygen atoms in total. The first-order valence-electron chi connectivity index (χ1n) is 4.20. The monoisotopic (exact) mass is 177 g/mol. The summed E-state index contributed by atoms with van der Waals surface area (Å²) in [5, 5.41) is 3.49. The minimum absolute atomic E-state index is 0.504. The van der Waals surface area contributed by atoms with E-state index in [1.807, 2.05) is 17.0 Å². The summed E-state index contributed by atoms with van der Waals surface area (Å²) in [6.45, 7) is 5.35. The molecule has 0 saturated heterocycles. The first kappa shape index (κ1) is 9.55. The van der Waals surface area contributed by atoms with Crippen molar-refractivity contribution in [2.24, 2.45) is 5.11 Å². The fourth-order valence-electron chi connectivity index (χ4n) is 1.33. The van der Waals surface area contributed by atoms with Gasteiger partial charge < -0.3 is 0 Å². The summed E-state index contributed by atoms with van der Waals surface area (Å²) < 4.78 is 2.04. The lowest BCUT2D eigenvalue weighted by molar-refractivity contribution is -0.695. The minimum atomic E-state index is 0.504. The van der Waals surface area contributed by atoms with Crippen LogP contribution in [0.3, 0.4) is 0 Å². The van der Waals surface area contributed by atoms with E-state index in [-0.39, 0.29) is 0 Å². The second-order valence-electron chi connectivity index (χ2n) is 3.08. The molecule has 4 heteroatoms. The molecular weight excluding hydrogens is 164 g/mol. The van der Waals surface area contributed by atoms with Crippen molar-refractivity contribution in [3.63, 3.8) is 0 Å². The van der Waals surface area contributed by atoms with Crippen LogP contribution in [-0.4, -0.2) is 6.54 Å². The third-order valence-electron chi connectivity index (χ3n) is 1.72. The third-order valence-corrected chi connectivity index (χ3v) is 1.72. The van der Waals surface area contributed by atoms with E-state index >= 15 is 0 Å². The van der Waals surface area contributed by atoms with E-state index in [2.05, 4.69) is 29.9 Å². The number of rotatable bonds is 3. The van der Waals surface area contributed by atoms with E-state index in [0.717, 1.165) is 6.54 Å². The Morgan fingerprint density at radius 3 is 2.54 bits per heavy atom. The quantitative estimate of drug-likeness (QED) is 0.293. The predicted molar refractivity (Wildman–Crippen MR) is 50.1 cm³/mol. The Morgan fingerprint density at radius 2 is 2.00 bits per heavy atom. The van der Waals surface area contributed by atoms with E-state index in [4.69, 9.17) is 5.53 Å². The van der Waals surface area contributed by atoms with Gasteiger partial charge in [-0.3, -0.25) is 0 Å². The lowest BCUT2D eigenvalue weighted by Crippen LogP contribution is -2.35. The van der Waals surface area contributed by atoms with Crippen molar-refractivity contribution < 1.29 is 4.57 Å². The van der Waals surface area contributed by atoms with Crippen LogP contribution in [0.25, 0.3) is 10.4 Å². The molecule has 0 bridgehead atoms. The second-order valence-corrected chi connectivity index (χ2v) is 3.08. The Bertz CT molecular complexity index is 319. The number of nitrogens with zero attached hydrogens (tertiary/aromatic N) is 4. The van der Waals surface area contributed by atoms with Crippen molar-refractivity contribution in [2.75, 3.05) is 6.54 Å². The summed E-state index contributed by atoms with van der Waals surface area (Å²) in [6, 6.07) is 2.12. The molecule has 0 amide bonds. The summed E-state index contributed by atoms with van der Waals surface area (Å²) in [6.07, 6.45) is 4.08. The normalized spacial score (nSPS) is 9.38. The molecule has 0 radical (unpaired) electrons. The number of pyridine rings is 1. The second kappa shape index (κ2) is 4.48. The Morgan fingerprint density at radius 1 is 1.38 bits per heavy atom. The van der Waals surface area contributed by atoms with Crippen LogP contribution in [0.5, 0.6) is 0 Å². The Kier molecular flexibility index (Phi) is 3.29. The largest absolute Gasteiger partial charge is 0.204 e. The zero-order chi connectivity index (χ0) is 9.68. The number of azide groups is 1. The van der Waals surface area contributed by atoms with Crippen LogP contribution in [0, 0.1) is 13.8 Å². The first-order chi connectivity index (χ1) is 6.22. The van der Waals surface area contributed by atoms with Gasteiger partial charge in [-0.1, -0.05) is 5.11 Å². The lowest BCUT2D eigenvalue weighted by Gasteiger charge is -1.96. The number of aromatic nitrogens is 1. The average Bonchev–Trinajstić information content (AvgIpc) is 2.03. The summed E-state index contributed by atoms with van der Waals surface area (Å²) >= 11 is 0. The number of hydrogen-bond acceptors (Lipinski definition) is 1. The molecule has 0 fully saturated rings. The zero-order valence-electron chi connectivity index (χ0n) is 7.94. The highest BCUT2D eigenvalue weighted by atomic mass is 15.1. The predicted octanol–water partition coefficient (Wildman–Crippen LogP) is 1.90. The highest BCUT2D eigenvalue weighted by Gasteiger charge is 2.00. The van der Waals surface area contributed by atoms with Gasteiger partial charge in [0, 0.05) is 16.0 Å². The molecule has 0 aromatic carbocycles. The maximum atomic E-state index is 8.10. The fourth-order valence-corrected chi connectivity index (χ4v) is 1.33. The van der Waals surface area contributed by atoms with Gasteiger partial charge in [-0.2, -0.15) is 0 Å². The van der Waals surface area contributed by atoms with Crippen LogP contribution in [-0.2, 0) is 6.54 Å². The van der Waals surface area contributed by atoms with Crippen LogP contribution in [0.1, 0.15) is 11.1 Å². The zero-order valence-corrected chi connectivity index (χ0v) is 7.94. The van der Waals surface area contributed by atoms with Crippen molar-refractivity contribution in [1.82, 2.24) is 0 Å². The van der Waals surface area contributed by atoms with Crippen molar-refractivity contribution in [2.45, 2.75) is 20.4 Å². The summed E-state index contributed by atoms with van der Waals surface area (Å²) in [4.78, 5) is 2.71. The maximum absolute atomic E-state index is 8.10. The third kappa shape index (κ3) is 3.13. The highest BCUT2D eigenvalue weighted by molar-refractivity contribution is 5.11. The van der Waals surface area contributed by atoms with Gasteiger partial charge in [0.15, 0.2) is 18.9 Å². The van der Waals surface area contributed by atoms with Crippen molar-refractivity contribution >= 4 is 0 Å². The van der Waals surface area contributed by atoms with E-state index in [1.165, 1.54) is 11.1 Å². The summed E-state index contributed by atoms with van der Waals surface area (Å²) in [5.41, 5.74) is 10.5. The molecule has 0 spiro atoms. The number of hydrogen-bond donors (Lipinski definition) is 0. The van der Waals surface area contributed by atoms with Crippen LogP contribution in [0.4, 0.5) is 0 Å². The van der Waals surface area contributed by atoms with Gasteiger partial charge in [0.1, 0.15) is 0 Å². The van der Waals surface area contributed by atoms with E-state index in [9.17, 15) is 0 Å². The molecule has 0 aliphatic carbocycles. The molecule has 1 rings (SSSR count). The molecule has 0 atom stereocenters. The van der Waals surface area contributed by atoms with Crippen LogP contribution >= 0.6 is 0 Å². The molecule has 1 heterocycles. The molecule has 68 valence electrons. The standard InChI is InChI=1S/C9H13N4/c1-8-5-9(2)7-13(6-8)4-3-11-12-10/h5-7H,3-4H2,1-2H3/q+1. The summed E-state index contributed by atoms with van der Waals surface area (Å²) in [5.74, 6) is 0. The van der Waals surface area contributed by atoms with Crippen molar-refractivity contribution in [3.8, 4) is 0 Å². The van der Waals surface area contributed by atoms with Gasteiger partial charge in [0.2, 0.25) is 0 Å². The van der Waals surface area contributed by atoms with E-state index < -0.39 is 0 Å².